The molecule has 24 heavy (non-hydrogen) atoms. The second-order valence-corrected chi connectivity index (χ2v) is 8.55. The molecule has 1 N–H and O–H groups in total. The van der Waals surface area contributed by atoms with E-state index in [0.29, 0.717) is 13.0 Å². The second kappa shape index (κ2) is 7.81. The van der Waals surface area contributed by atoms with Crippen molar-refractivity contribution in [2.45, 2.75) is 38.5 Å². The van der Waals surface area contributed by atoms with E-state index in [1.807, 2.05) is 75.4 Å². The minimum Gasteiger partial charge on any atom is -0.488 e. The predicted octanol–water partition coefficient (Wildman–Crippen LogP) is 3.53. The zero-order valence-corrected chi connectivity index (χ0v) is 15.3. The van der Waals surface area contributed by atoms with Gasteiger partial charge in [-0.2, -0.15) is 0 Å². The summed E-state index contributed by atoms with van der Waals surface area (Å²) >= 11 is 0. The van der Waals surface area contributed by atoms with Crippen LogP contribution in [0.15, 0.2) is 54.6 Å². The molecule has 0 spiro atoms. The molecule has 0 saturated heterocycles. The molecule has 0 atom stereocenters. The first-order valence-corrected chi connectivity index (χ1v) is 9.68. The van der Waals surface area contributed by atoms with Crippen molar-refractivity contribution in [1.82, 2.24) is 4.72 Å². The van der Waals surface area contributed by atoms with Crippen LogP contribution in [0.5, 0.6) is 5.75 Å². The minimum atomic E-state index is -3.31. The van der Waals surface area contributed by atoms with Crippen molar-refractivity contribution in [3.8, 4) is 5.75 Å². The van der Waals surface area contributed by atoms with Crippen molar-refractivity contribution in [1.29, 1.82) is 0 Å². The van der Waals surface area contributed by atoms with Gasteiger partial charge in [-0.05, 0) is 50.5 Å². The summed E-state index contributed by atoms with van der Waals surface area (Å²) in [7, 11) is -3.31. The quantitative estimate of drug-likeness (QED) is 0.834. The van der Waals surface area contributed by atoms with Gasteiger partial charge in [-0.3, -0.25) is 0 Å². The van der Waals surface area contributed by atoms with E-state index < -0.39 is 10.0 Å². The van der Waals surface area contributed by atoms with Gasteiger partial charge in [0.05, 0.1) is 5.75 Å². The maximum Gasteiger partial charge on any atom is 0.215 e. The average molecular weight is 347 g/mol. The van der Waals surface area contributed by atoms with Gasteiger partial charge < -0.3 is 4.74 Å². The molecular weight excluding hydrogens is 322 g/mol. The highest BCUT2D eigenvalue weighted by atomic mass is 32.2. The molecule has 0 fully saturated rings. The van der Waals surface area contributed by atoms with Crippen LogP contribution in [0.2, 0.25) is 0 Å². The molecule has 0 unspecified atom stereocenters. The Kier molecular flexibility index (Phi) is 6.02. The van der Waals surface area contributed by atoms with E-state index in [0.717, 1.165) is 16.9 Å². The van der Waals surface area contributed by atoms with E-state index in [2.05, 4.69) is 4.72 Å². The van der Waals surface area contributed by atoms with E-state index in [9.17, 15) is 8.42 Å². The third kappa shape index (κ3) is 6.72. The Bertz CT molecular complexity index is 732. The van der Waals surface area contributed by atoms with Gasteiger partial charge in [-0.25, -0.2) is 13.1 Å². The van der Waals surface area contributed by atoms with Gasteiger partial charge in [0.15, 0.2) is 0 Å². The standard InChI is InChI=1S/C19H25NO3S/c1-19(2,3)23-18-11-9-16(10-12-18)13-14-20-24(21,22)15-17-7-5-4-6-8-17/h4-12,20H,13-15H2,1-3H3. The smallest absolute Gasteiger partial charge is 0.215 e. The highest BCUT2D eigenvalue weighted by Crippen LogP contribution is 2.18. The number of nitrogens with one attached hydrogen (secondary N) is 1. The molecule has 0 aromatic heterocycles. The van der Waals surface area contributed by atoms with Gasteiger partial charge in [0.2, 0.25) is 10.0 Å². The van der Waals surface area contributed by atoms with Gasteiger partial charge in [0.1, 0.15) is 11.4 Å². The van der Waals surface area contributed by atoms with Gasteiger partial charge in [-0.1, -0.05) is 42.5 Å². The number of benzene rings is 2. The number of hydrogen-bond donors (Lipinski definition) is 1. The molecule has 0 saturated carbocycles. The van der Waals surface area contributed by atoms with Crippen LogP contribution in [0.3, 0.4) is 0 Å². The molecule has 0 bridgehead atoms. The van der Waals surface area contributed by atoms with E-state index in [1.54, 1.807) is 0 Å². The Balaban J connectivity index is 1.83. The van der Waals surface area contributed by atoms with Crippen LogP contribution in [0, 0.1) is 0 Å². The lowest BCUT2D eigenvalue weighted by molar-refractivity contribution is 0.131. The Morgan fingerprint density at radius 1 is 0.917 bits per heavy atom. The van der Waals surface area contributed by atoms with Crippen LogP contribution in [0.1, 0.15) is 31.9 Å². The van der Waals surface area contributed by atoms with E-state index in [1.165, 1.54) is 0 Å². The molecule has 0 aliphatic heterocycles. The average Bonchev–Trinajstić information content (AvgIpc) is 2.48. The number of hydrogen-bond acceptors (Lipinski definition) is 3. The van der Waals surface area contributed by atoms with E-state index in [-0.39, 0.29) is 11.4 Å². The molecule has 0 aliphatic carbocycles. The van der Waals surface area contributed by atoms with Crippen LogP contribution >= 0.6 is 0 Å². The van der Waals surface area contributed by atoms with Crippen LogP contribution in [0.4, 0.5) is 0 Å². The summed E-state index contributed by atoms with van der Waals surface area (Å²) in [5.74, 6) is 0.822. The summed E-state index contributed by atoms with van der Waals surface area (Å²) in [5.41, 5.74) is 1.63. The third-order valence-corrected chi connectivity index (χ3v) is 4.64. The highest BCUT2D eigenvalue weighted by molar-refractivity contribution is 7.88. The van der Waals surface area contributed by atoms with E-state index in [4.69, 9.17) is 4.74 Å². The van der Waals surface area contributed by atoms with Gasteiger partial charge in [-0.15, -0.1) is 0 Å². The van der Waals surface area contributed by atoms with Crippen molar-refractivity contribution in [3.63, 3.8) is 0 Å². The van der Waals surface area contributed by atoms with Crippen molar-refractivity contribution in [2.24, 2.45) is 0 Å². The molecule has 5 heteroatoms. The van der Waals surface area contributed by atoms with E-state index >= 15 is 0 Å². The maximum atomic E-state index is 12.1. The summed E-state index contributed by atoms with van der Waals surface area (Å²) in [5, 5.41) is 0. The van der Waals surface area contributed by atoms with Crippen molar-refractivity contribution >= 4 is 10.0 Å². The molecule has 0 amide bonds. The zero-order chi connectivity index (χ0) is 17.6. The lowest BCUT2D eigenvalue weighted by Crippen LogP contribution is -2.27. The molecule has 2 aromatic carbocycles. The fraction of sp³-hybridized carbons (Fsp3) is 0.368. The van der Waals surface area contributed by atoms with Crippen LogP contribution in [0.25, 0.3) is 0 Å². The third-order valence-electron chi connectivity index (χ3n) is 3.28. The monoisotopic (exact) mass is 347 g/mol. The van der Waals surface area contributed by atoms with Gasteiger partial charge in [0.25, 0.3) is 0 Å². The molecule has 2 rings (SSSR count). The Morgan fingerprint density at radius 3 is 2.12 bits per heavy atom. The Labute approximate surface area is 144 Å². The summed E-state index contributed by atoms with van der Waals surface area (Å²) < 4.78 is 32.6. The summed E-state index contributed by atoms with van der Waals surface area (Å²) in [6.45, 7) is 6.39. The summed E-state index contributed by atoms with van der Waals surface area (Å²) in [4.78, 5) is 0. The topological polar surface area (TPSA) is 55.4 Å². The van der Waals surface area contributed by atoms with Gasteiger partial charge >= 0.3 is 0 Å². The largest absolute Gasteiger partial charge is 0.488 e. The minimum absolute atomic E-state index is 0.00615. The summed E-state index contributed by atoms with van der Waals surface area (Å²) in [6, 6.07) is 16.9. The SMILES string of the molecule is CC(C)(C)Oc1ccc(CCNS(=O)(=O)Cc2ccccc2)cc1. The normalized spacial score (nSPS) is 12.1. The molecule has 130 valence electrons. The first-order chi connectivity index (χ1) is 11.2. The predicted molar refractivity (Wildman–Crippen MR) is 97.6 cm³/mol. The Hall–Kier alpha value is -1.85. The molecule has 4 nitrogen and oxygen atoms in total. The lowest BCUT2D eigenvalue weighted by Gasteiger charge is -2.21. The zero-order valence-electron chi connectivity index (χ0n) is 14.5. The van der Waals surface area contributed by atoms with Crippen molar-refractivity contribution in [2.75, 3.05) is 6.54 Å². The molecular formula is C19H25NO3S. The fourth-order valence-corrected chi connectivity index (χ4v) is 3.42. The molecule has 2 aromatic rings. The highest BCUT2D eigenvalue weighted by Gasteiger charge is 2.12. The Morgan fingerprint density at radius 2 is 1.54 bits per heavy atom. The van der Waals surface area contributed by atoms with Crippen molar-refractivity contribution in [3.05, 3.63) is 65.7 Å². The maximum absolute atomic E-state index is 12.1. The number of rotatable bonds is 7. The second-order valence-electron chi connectivity index (χ2n) is 6.75. The van der Waals surface area contributed by atoms with Crippen LogP contribution in [-0.4, -0.2) is 20.6 Å². The van der Waals surface area contributed by atoms with Crippen LogP contribution in [-0.2, 0) is 22.2 Å². The molecule has 0 aliphatic rings. The first kappa shape index (κ1) is 18.5. The number of ether oxygens (including phenoxy) is 1. The number of sulfonamides is 1. The molecule has 0 radical (unpaired) electrons. The first-order valence-electron chi connectivity index (χ1n) is 8.03. The fourth-order valence-electron chi connectivity index (χ4n) is 2.27. The molecule has 0 heterocycles. The van der Waals surface area contributed by atoms with Crippen molar-refractivity contribution < 1.29 is 13.2 Å². The van der Waals surface area contributed by atoms with Gasteiger partial charge in [0, 0.05) is 6.54 Å². The van der Waals surface area contributed by atoms with Crippen LogP contribution < -0.4 is 9.46 Å². The lowest BCUT2D eigenvalue weighted by atomic mass is 10.1. The summed E-state index contributed by atoms with van der Waals surface area (Å²) in [6.07, 6.45) is 0.643.